The standard InChI is InChI=1S/C21H37N3O3.HI/c1-7-27-14-8-13-22-20(24-16-19(26-6)21(2,3)4)23-15-17-9-11-18(25-5)12-10-17;/h9-12,19H,7-8,13-16H2,1-6H3,(H2,22,23,24);1H. The number of benzene rings is 1. The molecule has 0 radical (unpaired) electrons. The molecule has 0 spiro atoms. The highest BCUT2D eigenvalue weighted by Gasteiger charge is 2.24. The maximum Gasteiger partial charge on any atom is 0.191 e. The molecule has 0 saturated carbocycles. The fourth-order valence-corrected chi connectivity index (χ4v) is 2.53. The molecule has 0 aromatic heterocycles. The van der Waals surface area contributed by atoms with Crippen molar-refractivity contribution in [1.82, 2.24) is 10.6 Å². The zero-order valence-corrected chi connectivity index (χ0v) is 20.5. The summed E-state index contributed by atoms with van der Waals surface area (Å²) in [5.41, 5.74) is 1.18. The van der Waals surface area contributed by atoms with E-state index in [1.54, 1.807) is 14.2 Å². The van der Waals surface area contributed by atoms with Crippen LogP contribution in [0.25, 0.3) is 0 Å². The van der Waals surface area contributed by atoms with Gasteiger partial charge in [-0.2, -0.15) is 0 Å². The second-order valence-corrected chi connectivity index (χ2v) is 7.46. The van der Waals surface area contributed by atoms with Gasteiger partial charge in [0.15, 0.2) is 5.96 Å². The normalized spacial score (nSPS) is 12.9. The number of hydrogen-bond donors (Lipinski definition) is 2. The number of rotatable bonds is 11. The Bertz CT molecular complexity index is 545. The molecular formula is C21H38IN3O3. The van der Waals surface area contributed by atoms with E-state index in [9.17, 15) is 0 Å². The predicted octanol–water partition coefficient (Wildman–Crippen LogP) is 3.84. The minimum absolute atomic E-state index is 0. The second-order valence-electron chi connectivity index (χ2n) is 7.46. The van der Waals surface area contributed by atoms with E-state index in [0.29, 0.717) is 13.1 Å². The summed E-state index contributed by atoms with van der Waals surface area (Å²) in [7, 11) is 3.42. The fraction of sp³-hybridized carbons (Fsp3) is 0.667. The van der Waals surface area contributed by atoms with Crippen LogP contribution in [0, 0.1) is 5.41 Å². The largest absolute Gasteiger partial charge is 0.497 e. The Morgan fingerprint density at radius 3 is 2.32 bits per heavy atom. The number of nitrogens with one attached hydrogen (secondary N) is 2. The van der Waals surface area contributed by atoms with Gasteiger partial charge in [-0.15, -0.1) is 24.0 Å². The van der Waals surface area contributed by atoms with Crippen molar-refractivity contribution in [3.8, 4) is 5.75 Å². The molecule has 1 rings (SSSR count). The van der Waals surface area contributed by atoms with E-state index in [2.05, 4.69) is 31.4 Å². The van der Waals surface area contributed by atoms with Crippen LogP contribution in [0.1, 0.15) is 39.7 Å². The minimum atomic E-state index is 0. The number of aliphatic imine (C=N–C) groups is 1. The van der Waals surface area contributed by atoms with E-state index in [-0.39, 0.29) is 35.5 Å². The molecule has 0 bridgehead atoms. The number of guanidine groups is 1. The first-order valence-corrected chi connectivity index (χ1v) is 9.66. The summed E-state index contributed by atoms with van der Waals surface area (Å²) in [5, 5.41) is 6.79. The molecule has 6 nitrogen and oxygen atoms in total. The van der Waals surface area contributed by atoms with E-state index >= 15 is 0 Å². The van der Waals surface area contributed by atoms with E-state index in [1.807, 2.05) is 31.2 Å². The third-order valence-corrected chi connectivity index (χ3v) is 4.25. The van der Waals surface area contributed by atoms with E-state index < -0.39 is 0 Å². The molecule has 0 heterocycles. The lowest BCUT2D eigenvalue weighted by Gasteiger charge is -2.30. The fourth-order valence-electron chi connectivity index (χ4n) is 2.53. The van der Waals surface area contributed by atoms with Crippen molar-refractivity contribution in [3.05, 3.63) is 29.8 Å². The molecule has 7 heteroatoms. The Morgan fingerprint density at radius 2 is 1.79 bits per heavy atom. The lowest BCUT2D eigenvalue weighted by Crippen LogP contribution is -2.45. The maximum absolute atomic E-state index is 5.63. The zero-order valence-electron chi connectivity index (χ0n) is 18.2. The van der Waals surface area contributed by atoms with Crippen LogP contribution in [0.2, 0.25) is 0 Å². The van der Waals surface area contributed by atoms with Gasteiger partial charge >= 0.3 is 0 Å². The monoisotopic (exact) mass is 507 g/mol. The van der Waals surface area contributed by atoms with E-state index in [1.165, 1.54) is 0 Å². The zero-order chi connectivity index (χ0) is 20.1. The van der Waals surface area contributed by atoms with Crippen LogP contribution in [0.15, 0.2) is 29.3 Å². The first-order valence-electron chi connectivity index (χ1n) is 9.66. The van der Waals surface area contributed by atoms with Gasteiger partial charge in [-0.05, 0) is 36.5 Å². The molecule has 1 atom stereocenters. The minimum Gasteiger partial charge on any atom is -0.497 e. The third kappa shape index (κ3) is 11.1. The summed E-state index contributed by atoms with van der Waals surface area (Å²) in [6.45, 7) is 12.1. The summed E-state index contributed by atoms with van der Waals surface area (Å²) in [5.74, 6) is 1.64. The molecule has 162 valence electrons. The quantitative estimate of drug-likeness (QED) is 0.206. The number of hydrogen-bond acceptors (Lipinski definition) is 4. The van der Waals surface area contributed by atoms with Crippen LogP contribution in [0.4, 0.5) is 0 Å². The van der Waals surface area contributed by atoms with Gasteiger partial charge in [-0.1, -0.05) is 32.9 Å². The molecule has 0 amide bonds. The van der Waals surface area contributed by atoms with Crippen LogP contribution in [0.5, 0.6) is 5.75 Å². The Balaban J connectivity index is 0.00000729. The number of nitrogens with zero attached hydrogens (tertiary/aromatic N) is 1. The second kappa shape index (κ2) is 14.9. The van der Waals surface area contributed by atoms with Crippen LogP contribution in [-0.2, 0) is 16.0 Å². The van der Waals surface area contributed by atoms with Gasteiger partial charge in [0.2, 0.25) is 0 Å². The van der Waals surface area contributed by atoms with Crippen LogP contribution < -0.4 is 15.4 Å². The molecule has 1 unspecified atom stereocenters. The highest BCUT2D eigenvalue weighted by atomic mass is 127. The van der Waals surface area contributed by atoms with Gasteiger partial charge in [-0.3, -0.25) is 0 Å². The Morgan fingerprint density at radius 1 is 1.11 bits per heavy atom. The lowest BCUT2D eigenvalue weighted by atomic mass is 9.89. The van der Waals surface area contributed by atoms with Crippen molar-refractivity contribution >= 4 is 29.9 Å². The summed E-state index contributed by atoms with van der Waals surface area (Å²) in [6, 6.07) is 7.96. The first-order chi connectivity index (χ1) is 12.9. The van der Waals surface area contributed by atoms with Crippen molar-refractivity contribution in [2.24, 2.45) is 10.4 Å². The van der Waals surface area contributed by atoms with Crippen molar-refractivity contribution in [1.29, 1.82) is 0 Å². The van der Waals surface area contributed by atoms with Crippen molar-refractivity contribution in [2.45, 2.75) is 46.8 Å². The lowest BCUT2D eigenvalue weighted by molar-refractivity contribution is 0.0205. The molecule has 0 saturated heterocycles. The number of ether oxygens (including phenoxy) is 3. The average molecular weight is 507 g/mol. The SMILES string of the molecule is CCOCCCNC(=NCc1ccc(OC)cc1)NCC(OC)C(C)(C)C.I. The maximum atomic E-state index is 5.63. The summed E-state index contributed by atoms with van der Waals surface area (Å²) < 4.78 is 16.2. The highest BCUT2D eigenvalue weighted by Crippen LogP contribution is 2.20. The average Bonchev–Trinajstić information content (AvgIpc) is 2.65. The van der Waals surface area contributed by atoms with Gasteiger partial charge in [0.25, 0.3) is 0 Å². The molecular weight excluding hydrogens is 469 g/mol. The summed E-state index contributed by atoms with van der Waals surface area (Å²) in [6.07, 6.45) is 1.03. The third-order valence-electron chi connectivity index (χ3n) is 4.25. The molecule has 0 aliphatic heterocycles. The van der Waals surface area contributed by atoms with Crippen LogP contribution in [0.3, 0.4) is 0 Å². The molecule has 0 fully saturated rings. The smallest absolute Gasteiger partial charge is 0.191 e. The molecule has 2 N–H and O–H groups in total. The predicted molar refractivity (Wildman–Crippen MR) is 127 cm³/mol. The van der Waals surface area contributed by atoms with E-state index in [4.69, 9.17) is 19.2 Å². The Labute approximate surface area is 187 Å². The van der Waals surface area contributed by atoms with Gasteiger partial charge in [0.05, 0.1) is 19.8 Å². The van der Waals surface area contributed by atoms with Gasteiger partial charge < -0.3 is 24.8 Å². The molecule has 0 aliphatic carbocycles. The molecule has 1 aromatic carbocycles. The van der Waals surface area contributed by atoms with Crippen LogP contribution in [-0.4, -0.2) is 52.6 Å². The highest BCUT2D eigenvalue weighted by molar-refractivity contribution is 14.0. The summed E-state index contributed by atoms with van der Waals surface area (Å²) in [4.78, 5) is 4.71. The van der Waals surface area contributed by atoms with Gasteiger partial charge in [0.1, 0.15) is 5.75 Å². The van der Waals surface area contributed by atoms with Crippen molar-refractivity contribution < 1.29 is 14.2 Å². The molecule has 28 heavy (non-hydrogen) atoms. The van der Waals surface area contributed by atoms with Gasteiger partial charge in [0, 0.05) is 33.4 Å². The van der Waals surface area contributed by atoms with E-state index in [0.717, 1.165) is 43.5 Å². The Hall–Kier alpha value is -1.06. The van der Waals surface area contributed by atoms with Crippen molar-refractivity contribution in [2.75, 3.05) is 40.5 Å². The summed E-state index contributed by atoms with van der Waals surface area (Å²) >= 11 is 0. The van der Waals surface area contributed by atoms with Crippen LogP contribution >= 0.6 is 24.0 Å². The first kappa shape index (κ1) is 26.9. The Kier molecular flexibility index (Phi) is 14.3. The van der Waals surface area contributed by atoms with Crippen molar-refractivity contribution in [3.63, 3.8) is 0 Å². The molecule has 1 aromatic rings. The van der Waals surface area contributed by atoms with Gasteiger partial charge in [-0.25, -0.2) is 4.99 Å². The topological polar surface area (TPSA) is 64.1 Å². The molecule has 0 aliphatic rings. The number of methoxy groups -OCH3 is 2. The number of halogens is 1.